The SMILES string of the molecule is COC(C)(C)c1nccc(OCc2ccccc2)n1. The Morgan fingerprint density at radius 3 is 2.53 bits per heavy atom. The molecule has 2 rings (SSSR count). The molecule has 0 aliphatic carbocycles. The van der Waals surface area contributed by atoms with E-state index >= 15 is 0 Å². The van der Waals surface area contributed by atoms with E-state index in [0.29, 0.717) is 18.3 Å². The number of rotatable bonds is 5. The van der Waals surface area contributed by atoms with Crippen LogP contribution in [-0.4, -0.2) is 17.1 Å². The Hall–Kier alpha value is -1.94. The highest BCUT2D eigenvalue weighted by Crippen LogP contribution is 2.21. The van der Waals surface area contributed by atoms with Crippen molar-refractivity contribution >= 4 is 0 Å². The number of aromatic nitrogens is 2. The zero-order valence-electron chi connectivity index (χ0n) is 11.5. The van der Waals surface area contributed by atoms with Gasteiger partial charge in [0.05, 0.1) is 0 Å². The third kappa shape index (κ3) is 3.51. The largest absolute Gasteiger partial charge is 0.473 e. The van der Waals surface area contributed by atoms with Crippen LogP contribution in [0.1, 0.15) is 25.2 Å². The van der Waals surface area contributed by atoms with Crippen LogP contribution in [0.2, 0.25) is 0 Å². The standard InChI is InChI=1S/C15H18N2O2/c1-15(2,18-3)14-16-10-9-13(17-14)19-11-12-7-5-4-6-8-12/h4-10H,11H2,1-3H3. The minimum absolute atomic E-state index is 0.491. The molecule has 19 heavy (non-hydrogen) atoms. The normalized spacial score (nSPS) is 11.3. The van der Waals surface area contributed by atoms with Crippen molar-refractivity contribution in [1.82, 2.24) is 9.97 Å². The molecule has 4 nitrogen and oxygen atoms in total. The molecule has 0 fully saturated rings. The van der Waals surface area contributed by atoms with Crippen LogP contribution < -0.4 is 4.74 Å². The van der Waals surface area contributed by atoms with Gasteiger partial charge in [0.1, 0.15) is 12.2 Å². The Balaban J connectivity index is 2.08. The van der Waals surface area contributed by atoms with Gasteiger partial charge in [-0.2, -0.15) is 4.98 Å². The van der Waals surface area contributed by atoms with Crippen molar-refractivity contribution in [2.45, 2.75) is 26.1 Å². The molecule has 0 N–H and O–H groups in total. The number of benzene rings is 1. The molecule has 0 unspecified atom stereocenters. The van der Waals surface area contributed by atoms with Crippen LogP contribution in [-0.2, 0) is 16.9 Å². The van der Waals surface area contributed by atoms with E-state index in [1.165, 1.54) is 0 Å². The Kier molecular flexibility index (Phi) is 4.12. The van der Waals surface area contributed by atoms with Crippen LogP contribution in [0.25, 0.3) is 0 Å². The van der Waals surface area contributed by atoms with Crippen molar-refractivity contribution in [1.29, 1.82) is 0 Å². The van der Waals surface area contributed by atoms with Crippen LogP contribution in [0.3, 0.4) is 0 Å². The van der Waals surface area contributed by atoms with E-state index in [9.17, 15) is 0 Å². The van der Waals surface area contributed by atoms with E-state index in [4.69, 9.17) is 9.47 Å². The Bertz CT molecular complexity index is 527. The second-order valence-corrected chi connectivity index (χ2v) is 4.71. The maximum Gasteiger partial charge on any atom is 0.216 e. The van der Waals surface area contributed by atoms with Crippen molar-refractivity contribution < 1.29 is 9.47 Å². The van der Waals surface area contributed by atoms with Crippen molar-refractivity contribution in [3.63, 3.8) is 0 Å². The fourth-order valence-corrected chi connectivity index (χ4v) is 1.54. The molecule has 0 saturated carbocycles. The Labute approximate surface area is 113 Å². The van der Waals surface area contributed by atoms with Gasteiger partial charge in [0.25, 0.3) is 0 Å². The number of hydrogen-bond donors (Lipinski definition) is 0. The third-order valence-electron chi connectivity index (χ3n) is 2.91. The second-order valence-electron chi connectivity index (χ2n) is 4.71. The molecular weight excluding hydrogens is 240 g/mol. The van der Waals surface area contributed by atoms with Crippen molar-refractivity contribution in [2.75, 3.05) is 7.11 Å². The second kappa shape index (κ2) is 5.80. The predicted molar refractivity (Wildman–Crippen MR) is 72.8 cm³/mol. The van der Waals surface area contributed by atoms with Crippen LogP contribution in [0.15, 0.2) is 42.6 Å². The molecule has 0 radical (unpaired) electrons. The maximum atomic E-state index is 5.67. The summed E-state index contributed by atoms with van der Waals surface area (Å²) in [6.45, 7) is 4.33. The Morgan fingerprint density at radius 2 is 1.84 bits per heavy atom. The fraction of sp³-hybridized carbons (Fsp3) is 0.333. The van der Waals surface area contributed by atoms with Gasteiger partial charge < -0.3 is 9.47 Å². The highest BCUT2D eigenvalue weighted by Gasteiger charge is 2.23. The van der Waals surface area contributed by atoms with Gasteiger partial charge in [0, 0.05) is 19.4 Å². The lowest BCUT2D eigenvalue weighted by molar-refractivity contribution is 0.0108. The van der Waals surface area contributed by atoms with Gasteiger partial charge in [-0.15, -0.1) is 0 Å². The fourth-order valence-electron chi connectivity index (χ4n) is 1.54. The first-order valence-corrected chi connectivity index (χ1v) is 6.17. The van der Waals surface area contributed by atoms with Crippen LogP contribution >= 0.6 is 0 Å². The third-order valence-corrected chi connectivity index (χ3v) is 2.91. The lowest BCUT2D eigenvalue weighted by Gasteiger charge is -2.21. The van der Waals surface area contributed by atoms with E-state index < -0.39 is 5.60 Å². The smallest absolute Gasteiger partial charge is 0.216 e. The highest BCUT2D eigenvalue weighted by molar-refractivity contribution is 5.16. The van der Waals surface area contributed by atoms with Crippen molar-refractivity contribution in [3.05, 3.63) is 54.0 Å². The van der Waals surface area contributed by atoms with E-state index in [1.807, 2.05) is 44.2 Å². The first kappa shape index (κ1) is 13.5. The molecule has 0 bridgehead atoms. The zero-order chi connectivity index (χ0) is 13.7. The molecule has 100 valence electrons. The predicted octanol–water partition coefficient (Wildman–Crippen LogP) is 2.94. The summed E-state index contributed by atoms with van der Waals surface area (Å²) in [6.07, 6.45) is 1.68. The summed E-state index contributed by atoms with van der Waals surface area (Å²) in [5.41, 5.74) is 0.584. The first-order chi connectivity index (χ1) is 9.12. The molecule has 0 spiro atoms. The molecule has 1 aromatic heterocycles. The molecular formula is C15H18N2O2. The molecule has 1 aromatic carbocycles. The van der Waals surface area contributed by atoms with E-state index in [2.05, 4.69) is 9.97 Å². The molecule has 0 saturated heterocycles. The molecule has 0 aliphatic rings. The van der Waals surface area contributed by atoms with E-state index in [1.54, 1.807) is 19.4 Å². The van der Waals surface area contributed by atoms with Gasteiger partial charge in [-0.1, -0.05) is 30.3 Å². The lowest BCUT2D eigenvalue weighted by Crippen LogP contribution is -2.23. The average Bonchev–Trinajstić information content (AvgIpc) is 2.46. The van der Waals surface area contributed by atoms with Crippen LogP contribution in [0.4, 0.5) is 0 Å². The topological polar surface area (TPSA) is 44.2 Å². The summed E-state index contributed by atoms with van der Waals surface area (Å²) >= 11 is 0. The van der Waals surface area contributed by atoms with Gasteiger partial charge >= 0.3 is 0 Å². The summed E-state index contributed by atoms with van der Waals surface area (Å²) in [5, 5.41) is 0. The van der Waals surface area contributed by atoms with Gasteiger partial charge in [0.2, 0.25) is 5.88 Å². The van der Waals surface area contributed by atoms with Gasteiger partial charge in [-0.25, -0.2) is 4.98 Å². The molecule has 4 heteroatoms. The first-order valence-electron chi connectivity index (χ1n) is 6.17. The summed E-state index contributed by atoms with van der Waals surface area (Å²) in [6, 6.07) is 11.7. The quantitative estimate of drug-likeness (QED) is 0.827. The van der Waals surface area contributed by atoms with Gasteiger partial charge in [-0.05, 0) is 19.4 Å². The van der Waals surface area contributed by atoms with Crippen molar-refractivity contribution in [3.8, 4) is 5.88 Å². The molecule has 0 aliphatic heterocycles. The van der Waals surface area contributed by atoms with Crippen LogP contribution in [0.5, 0.6) is 5.88 Å². The van der Waals surface area contributed by atoms with Crippen LogP contribution in [0, 0.1) is 0 Å². The summed E-state index contributed by atoms with van der Waals surface area (Å²) in [7, 11) is 1.64. The van der Waals surface area contributed by atoms with E-state index in [0.717, 1.165) is 5.56 Å². The monoisotopic (exact) mass is 258 g/mol. The Morgan fingerprint density at radius 1 is 1.11 bits per heavy atom. The summed E-state index contributed by atoms with van der Waals surface area (Å²) in [4.78, 5) is 8.59. The lowest BCUT2D eigenvalue weighted by atomic mass is 10.1. The van der Waals surface area contributed by atoms with Gasteiger partial charge in [-0.3, -0.25) is 0 Å². The number of nitrogens with zero attached hydrogens (tertiary/aromatic N) is 2. The van der Waals surface area contributed by atoms with Crippen molar-refractivity contribution in [2.24, 2.45) is 0 Å². The summed E-state index contributed by atoms with van der Waals surface area (Å²) < 4.78 is 11.0. The zero-order valence-corrected chi connectivity index (χ0v) is 11.5. The molecule has 0 amide bonds. The van der Waals surface area contributed by atoms with E-state index in [-0.39, 0.29) is 0 Å². The maximum absolute atomic E-state index is 5.67. The average molecular weight is 258 g/mol. The molecule has 2 aromatic rings. The summed E-state index contributed by atoms with van der Waals surface area (Å²) in [5.74, 6) is 1.17. The number of hydrogen-bond acceptors (Lipinski definition) is 4. The minimum atomic E-state index is -0.522. The molecule has 1 heterocycles. The minimum Gasteiger partial charge on any atom is -0.473 e. The number of ether oxygens (including phenoxy) is 2. The van der Waals surface area contributed by atoms with Gasteiger partial charge in [0.15, 0.2) is 5.82 Å². The molecule has 0 atom stereocenters. The highest BCUT2D eigenvalue weighted by atomic mass is 16.5. The number of methoxy groups -OCH3 is 1.